The lowest BCUT2D eigenvalue weighted by Gasteiger charge is -2.18. The van der Waals surface area contributed by atoms with Crippen LogP contribution in [0.15, 0.2) is 40.9 Å². The Balaban J connectivity index is 2.13. The molecule has 0 bridgehead atoms. The van der Waals surface area contributed by atoms with Crippen LogP contribution in [0.1, 0.15) is 11.1 Å². The molecule has 0 aliphatic rings. The van der Waals surface area contributed by atoms with Crippen LogP contribution in [0.25, 0.3) is 0 Å². The Bertz CT molecular complexity index is 584. The zero-order chi connectivity index (χ0) is 15.4. The SMILES string of the molecule is NNC(Cc1ccc(Cl)cc1Cl)Cc1ccc(F)cc1Br. The molecule has 1 atom stereocenters. The van der Waals surface area contributed by atoms with Gasteiger partial charge >= 0.3 is 0 Å². The van der Waals surface area contributed by atoms with Crippen LogP contribution in [0.2, 0.25) is 10.0 Å². The summed E-state index contributed by atoms with van der Waals surface area (Å²) in [6.45, 7) is 0. The minimum atomic E-state index is -0.274. The summed E-state index contributed by atoms with van der Waals surface area (Å²) >= 11 is 15.4. The number of hydrogen-bond acceptors (Lipinski definition) is 2. The Kier molecular flexibility index (Phi) is 6.02. The van der Waals surface area contributed by atoms with Crippen molar-refractivity contribution in [1.29, 1.82) is 0 Å². The normalized spacial score (nSPS) is 12.4. The Morgan fingerprint density at radius 3 is 2.38 bits per heavy atom. The van der Waals surface area contributed by atoms with Crippen LogP contribution < -0.4 is 11.3 Å². The van der Waals surface area contributed by atoms with Crippen LogP contribution in [-0.4, -0.2) is 6.04 Å². The number of nitrogens with one attached hydrogen (secondary N) is 1. The highest BCUT2D eigenvalue weighted by atomic mass is 79.9. The van der Waals surface area contributed by atoms with Crippen LogP contribution in [0.5, 0.6) is 0 Å². The molecule has 0 fully saturated rings. The van der Waals surface area contributed by atoms with E-state index in [2.05, 4.69) is 21.4 Å². The van der Waals surface area contributed by atoms with Gasteiger partial charge in [-0.2, -0.15) is 0 Å². The van der Waals surface area contributed by atoms with E-state index in [9.17, 15) is 4.39 Å². The summed E-state index contributed by atoms with van der Waals surface area (Å²) in [7, 11) is 0. The van der Waals surface area contributed by atoms with E-state index in [4.69, 9.17) is 29.0 Å². The molecule has 0 radical (unpaired) electrons. The quantitative estimate of drug-likeness (QED) is 0.581. The van der Waals surface area contributed by atoms with Gasteiger partial charge in [-0.05, 0) is 48.2 Å². The predicted molar refractivity (Wildman–Crippen MR) is 89.1 cm³/mol. The van der Waals surface area contributed by atoms with E-state index in [1.54, 1.807) is 18.2 Å². The molecule has 1 unspecified atom stereocenters. The van der Waals surface area contributed by atoms with Crippen molar-refractivity contribution in [3.63, 3.8) is 0 Å². The number of nitrogens with two attached hydrogens (primary N) is 1. The molecule has 2 aromatic carbocycles. The molecule has 112 valence electrons. The standard InChI is InChI=1S/C15H14BrCl2FN2/c16-14-8-12(19)4-2-9(14)5-13(21-20)6-10-1-3-11(17)7-15(10)18/h1-4,7-8,13,21H,5-6,20H2. The van der Waals surface area contributed by atoms with Crippen molar-refractivity contribution in [1.82, 2.24) is 5.43 Å². The molecule has 0 spiro atoms. The first-order valence-electron chi connectivity index (χ1n) is 6.33. The summed E-state index contributed by atoms with van der Waals surface area (Å²) in [6.07, 6.45) is 1.30. The van der Waals surface area contributed by atoms with E-state index in [0.717, 1.165) is 15.6 Å². The summed E-state index contributed by atoms with van der Waals surface area (Å²) in [6, 6.07) is 9.98. The first-order valence-corrected chi connectivity index (χ1v) is 7.88. The molecule has 2 nitrogen and oxygen atoms in total. The van der Waals surface area contributed by atoms with Crippen molar-refractivity contribution >= 4 is 39.1 Å². The molecular weight excluding hydrogens is 378 g/mol. The summed E-state index contributed by atoms with van der Waals surface area (Å²) in [5.41, 5.74) is 4.71. The third-order valence-corrected chi connectivity index (χ3v) is 4.52. The first-order chi connectivity index (χ1) is 9.99. The van der Waals surface area contributed by atoms with Crippen LogP contribution in [-0.2, 0) is 12.8 Å². The van der Waals surface area contributed by atoms with Crippen LogP contribution in [0, 0.1) is 5.82 Å². The monoisotopic (exact) mass is 390 g/mol. The Morgan fingerprint density at radius 1 is 1.10 bits per heavy atom. The van der Waals surface area contributed by atoms with Gasteiger partial charge in [-0.1, -0.05) is 51.3 Å². The molecule has 2 aromatic rings. The van der Waals surface area contributed by atoms with Gasteiger partial charge in [0.25, 0.3) is 0 Å². The fourth-order valence-electron chi connectivity index (χ4n) is 2.10. The molecule has 0 aliphatic heterocycles. The predicted octanol–water partition coefficient (Wildman–Crippen LogP) is 4.51. The van der Waals surface area contributed by atoms with Crippen molar-refractivity contribution in [3.05, 3.63) is 67.9 Å². The highest BCUT2D eigenvalue weighted by Crippen LogP contribution is 2.24. The lowest BCUT2D eigenvalue weighted by Crippen LogP contribution is -2.38. The van der Waals surface area contributed by atoms with E-state index in [-0.39, 0.29) is 11.9 Å². The van der Waals surface area contributed by atoms with Gasteiger partial charge in [0.2, 0.25) is 0 Å². The highest BCUT2D eigenvalue weighted by Gasteiger charge is 2.13. The molecule has 0 saturated carbocycles. The third kappa shape index (κ3) is 4.66. The number of benzene rings is 2. The van der Waals surface area contributed by atoms with Gasteiger partial charge in [-0.15, -0.1) is 0 Å². The van der Waals surface area contributed by atoms with E-state index >= 15 is 0 Å². The number of hydrazine groups is 1. The summed E-state index contributed by atoms with van der Waals surface area (Å²) in [4.78, 5) is 0. The fraction of sp³-hybridized carbons (Fsp3) is 0.200. The number of hydrogen-bond donors (Lipinski definition) is 2. The van der Waals surface area contributed by atoms with Gasteiger partial charge in [0.1, 0.15) is 5.82 Å². The lowest BCUT2D eigenvalue weighted by molar-refractivity contribution is 0.521. The summed E-state index contributed by atoms with van der Waals surface area (Å²) < 4.78 is 13.8. The van der Waals surface area contributed by atoms with Gasteiger partial charge in [0.05, 0.1) is 0 Å². The molecule has 0 heterocycles. The Morgan fingerprint density at radius 2 is 1.76 bits per heavy atom. The number of rotatable bonds is 5. The molecule has 0 amide bonds. The van der Waals surface area contributed by atoms with Crippen LogP contribution in [0.3, 0.4) is 0 Å². The van der Waals surface area contributed by atoms with Crippen LogP contribution >= 0.6 is 39.1 Å². The molecule has 21 heavy (non-hydrogen) atoms. The van der Waals surface area contributed by atoms with E-state index in [0.29, 0.717) is 22.9 Å². The van der Waals surface area contributed by atoms with Gasteiger partial charge in [0, 0.05) is 20.6 Å². The molecule has 0 aromatic heterocycles. The maximum atomic E-state index is 13.1. The highest BCUT2D eigenvalue weighted by molar-refractivity contribution is 9.10. The molecule has 0 saturated heterocycles. The topological polar surface area (TPSA) is 38.0 Å². The third-order valence-electron chi connectivity index (χ3n) is 3.20. The molecular formula is C15H14BrCl2FN2. The summed E-state index contributed by atoms with van der Waals surface area (Å²) in [5, 5.41) is 1.21. The molecule has 3 N–H and O–H groups in total. The minimum Gasteiger partial charge on any atom is -0.271 e. The maximum Gasteiger partial charge on any atom is 0.124 e. The second kappa shape index (κ2) is 7.56. The summed E-state index contributed by atoms with van der Waals surface area (Å²) in [5.74, 6) is 5.35. The maximum absolute atomic E-state index is 13.1. The first kappa shape index (κ1) is 16.7. The Labute approximate surface area is 141 Å². The smallest absolute Gasteiger partial charge is 0.124 e. The largest absolute Gasteiger partial charge is 0.271 e. The second-order valence-electron chi connectivity index (χ2n) is 4.74. The van der Waals surface area contributed by atoms with E-state index in [1.807, 2.05) is 6.07 Å². The van der Waals surface area contributed by atoms with E-state index < -0.39 is 0 Å². The molecule has 6 heteroatoms. The van der Waals surface area contributed by atoms with Gasteiger partial charge in [-0.25, -0.2) is 4.39 Å². The average Bonchev–Trinajstić information content (AvgIpc) is 2.43. The van der Waals surface area contributed by atoms with E-state index in [1.165, 1.54) is 12.1 Å². The zero-order valence-corrected chi connectivity index (χ0v) is 14.1. The Hall–Kier alpha value is -0.650. The van der Waals surface area contributed by atoms with Crippen molar-refractivity contribution < 1.29 is 4.39 Å². The van der Waals surface area contributed by atoms with Crippen molar-refractivity contribution in [2.45, 2.75) is 18.9 Å². The lowest BCUT2D eigenvalue weighted by atomic mass is 9.99. The second-order valence-corrected chi connectivity index (χ2v) is 6.44. The van der Waals surface area contributed by atoms with Crippen molar-refractivity contribution in [2.24, 2.45) is 5.84 Å². The van der Waals surface area contributed by atoms with Gasteiger partial charge in [0.15, 0.2) is 0 Å². The number of halogens is 4. The fourth-order valence-corrected chi connectivity index (χ4v) is 3.09. The zero-order valence-electron chi connectivity index (χ0n) is 11.0. The van der Waals surface area contributed by atoms with Crippen LogP contribution in [0.4, 0.5) is 4.39 Å². The molecule has 2 rings (SSSR count). The van der Waals surface area contributed by atoms with Crippen molar-refractivity contribution in [2.75, 3.05) is 0 Å². The van der Waals surface area contributed by atoms with Gasteiger partial charge in [-0.3, -0.25) is 11.3 Å². The molecule has 0 aliphatic carbocycles. The van der Waals surface area contributed by atoms with Gasteiger partial charge < -0.3 is 0 Å². The van der Waals surface area contributed by atoms with Crippen molar-refractivity contribution in [3.8, 4) is 0 Å². The minimum absolute atomic E-state index is 0.0227. The average molecular weight is 392 g/mol.